The molecule has 0 aliphatic heterocycles. The molecular weight excluding hydrogens is 200 g/mol. The lowest BCUT2D eigenvalue weighted by atomic mass is 10.3. The summed E-state index contributed by atoms with van der Waals surface area (Å²) < 4.78 is 1.90. The Hall–Kier alpha value is -2.15. The molecule has 2 rings (SSSR count). The topological polar surface area (TPSA) is 43.6 Å². The summed E-state index contributed by atoms with van der Waals surface area (Å²) in [6, 6.07) is 1.93. The molecule has 0 aromatic carbocycles. The number of imidazole rings is 1. The van der Waals surface area contributed by atoms with Crippen LogP contribution in [0.5, 0.6) is 0 Å². The average Bonchev–Trinajstić information content (AvgIpc) is 2.69. The van der Waals surface area contributed by atoms with Gasteiger partial charge in [0.15, 0.2) is 0 Å². The molecule has 2 aromatic heterocycles. The summed E-state index contributed by atoms with van der Waals surface area (Å²) in [5.74, 6) is 6.53. The first kappa shape index (κ1) is 10.4. The van der Waals surface area contributed by atoms with Crippen LogP contribution < -0.4 is 0 Å². The molecule has 16 heavy (non-hydrogen) atoms. The van der Waals surface area contributed by atoms with E-state index in [1.165, 1.54) is 0 Å². The molecule has 0 aliphatic rings. The SMILES string of the molecule is Cc1cc(C)nc(C#CCn2ccnc2)n1. The fraction of sp³-hybridized carbons (Fsp3) is 0.250. The van der Waals surface area contributed by atoms with Gasteiger partial charge in [0.2, 0.25) is 5.82 Å². The third-order valence-corrected chi connectivity index (χ3v) is 2.00. The number of nitrogens with zero attached hydrogens (tertiary/aromatic N) is 4. The fourth-order valence-corrected chi connectivity index (χ4v) is 1.37. The standard InChI is InChI=1S/C12H12N4/c1-10-8-11(2)15-12(14-10)4-3-6-16-7-5-13-9-16/h5,7-9H,6H2,1-2H3. The zero-order valence-corrected chi connectivity index (χ0v) is 9.31. The highest BCUT2D eigenvalue weighted by Crippen LogP contribution is 1.97. The Balaban J connectivity index is 2.12. The summed E-state index contributed by atoms with van der Waals surface area (Å²) in [5, 5.41) is 0. The van der Waals surface area contributed by atoms with E-state index in [1.54, 1.807) is 12.5 Å². The van der Waals surface area contributed by atoms with Crippen molar-refractivity contribution in [2.24, 2.45) is 0 Å². The minimum absolute atomic E-state index is 0.581. The molecule has 0 amide bonds. The lowest BCUT2D eigenvalue weighted by molar-refractivity contribution is 0.839. The van der Waals surface area contributed by atoms with Crippen molar-refractivity contribution in [2.45, 2.75) is 20.4 Å². The van der Waals surface area contributed by atoms with Gasteiger partial charge < -0.3 is 4.57 Å². The smallest absolute Gasteiger partial charge is 0.205 e. The molecule has 2 heterocycles. The summed E-state index contributed by atoms with van der Waals surface area (Å²) in [4.78, 5) is 12.4. The zero-order valence-electron chi connectivity index (χ0n) is 9.31. The van der Waals surface area contributed by atoms with Crippen LogP contribution in [-0.2, 0) is 6.54 Å². The Kier molecular flexibility index (Phi) is 2.97. The minimum Gasteiger partial charge on any atom is -0.326 e. The van der Waals surface area contributed by atoms with Gasteiger partial charge in [0.25, 0.3) is 0 Å². The summed E-state index contributed by atoms with van der Waals surface area (Å²) >= 11 is 0. The molecule has 0 saturated heterocycles. The Morgan fingerprint density at radius 3 is 2.62 bits per heavy atom. The molecule has 0 bridgehead atoms. The number of aryl methyl sites for hydroxylation is 2. The van der Waals surface area contributed by atoms with Crippen LogP contribution >= 0.6 is 0 Å². The van der Waals surface area contributed by atoms with E-state index in [9.17, 15) is 0 Å². The number of hydrogen-bond donors (Lipinski definition) is 0. The number of aromatic nitrogens is 4. The Bertz CT molecular complexity index is 512. The van der Waals surface area contributed by atoms with E-state index in [-0.39, 0.29) is 0 Å². The second kappa shape index (κ2) is 4.58. The molecule has 0 saturated carbocycles. The highest BCUT2D eigenvalue weighted by molar-refractivity contribution is 5.23. The van der Waals surface area contributed by atoms with E-state index in [0.29, 0.717) is 12.4 Å². The van der Waals surface area contributed by atoms with Crippen LogP contribution in [0.15, 0.2) is 24.8 Å². The van der Waals surface area contributed by atoms with Gasteiger partial charge in [-0.1, -0.05) is 5.92 Å². The molecule has 0 atom stereocenters. The van der Waals surface area contributed by atoms with Gasteiger partial charge in [-0.2, -0.15) is 0 Å². The maximum Gasteiger partial charge on any atom is 0.205 e. The lowest BCUT2D eigenvalue weighted by Gasteiger charge is -1.96. The Morgan fingerprint density at radius 2 is 2.00 bits per heavy atom. The normalized spacial score (nSPS) is 9.62. The van der Waals surface area contributed by atoms with E-state index < -0.39 is 0 Å². The highest BCUT2D eigenvalue weighted by atomic mass is 15.0. The first-order chi connectivity index (χ1) is 7.74. The van der Waals surface area contributed by atoms with E-state index >= 15 is 0 Å². The van der Waals surface area contributed by atoms with Crippen molar-refractivity contribution >= 4 is 0 Å². The zero-order chi connectivity index (χ0) is 11.4. The molecule has 0 aliphatic carbocycles. The molecule has 0 unspecified atom stereocenters. The number of rotatable bonds is 1. The van der Waals surface area contributed by atoms with Crippen LogP contribution in [0.1, 0.15) is 17.2 Å². The predicted molar refractivity (Wildman–Crippen MR) is 60.6 cm³/mol. The van der Waals surface area contributed by atoms with Gasteiger partial charge >= 0.3 is 0 Å². The van der Waals surface area contributed by atoms with Crippen LogP contribution in [0.2, 0.25) is 0 Å². The van der Waals surface area contributed by atoms with Gasteiger partial charge in [-0.3, -0.25) is 0 Å². The molecule has 0 radical (unpaired) electrons. The third kappa shape index (κ3) is 2.67. The Morgan fingerprint density at radius 1 is 1.25 bits per heavy atom. The van der Waals surface area contributed by atoms with Gasteiger partial charge in [-0.05, 0) is 25.8 Å². The third-order valence-electron chi connectivity index (χ3n) is 2.00. The molecule has 2 aromatic rings. The minimum atomic E-state index is 0.581. The first-order valence-corrected chi connectivity index (χ1v) is 5.01. The molecule has 4 heteroatoms. The van der Waals surface area contributed by atoms with Gasteiger partial charge in [-0.25, -0.2) is 15.0 Å². The van der Waals surface area contributed by atoms with Crippen LogP contribution in [0.4, 0.5) is 0 Å². The maximum absolute atomic E-state index is 4.24. The highest BCUT2D eigenvalue weighted by Gasteiger charge is 1.94. The molecule has 0 fully saturated rings. The van der Waals surface area contributed by atoms with Crippen molar-refractivity contribution in [3.63, 3.8) is 0 Å². The van der Waals surface area contributed by atoms with E-state index in [2.05, 4.69) is 26.8 Å². The van der Waals surface area contributed by atoms with Crippen molar-refractivity contribution in [1.29, 1.82) is 0 Å². The maximum atomic E-state index is 4.24. The van der Waals surface area contributed by atoms with E-state index in [0.717, 1.165) is 11.4 Å². The molecule has 0 spiro atoms. The molecule has 80 valence electrons. The van der Waals surface area contributed by atoms with Crippen LogP contribution in [0, 0.1) is 25.7 Å². The van der Waals surface area contributed by atoms with Crippen LogP contribution in [0.3, 0.4) is 0 Å². The Labute approximate surface area is 94.4 Å². The van der Waals surface area contributed by atoms with Gasteiger partial charge in [0.1, 0.15) is 0 Å². The fourth-order valence-electron chi connectivity index (χ4n) is 1.37. The monoisotopic (exact) mass is 212 g/mol. The van der Waals surface area contributed by atoms with Crippen molar-refractivity contribution in [3.05, 3.63) is 42.0 Å². The van der Waals surface area contributed by atoms with Gasteiger partial charge in [0, 0.05) is 23.8 Å². The average molecular weight is 212 g/mol. The summed E-state index contributed by atoms with van der Waals surface area (Å²) in [6.45, 7) is 4.49. The summed E-state index contributed by atoms with van der Waals surface area (Å²) in [6.07, 6.45) is 5.34. The van der Waals surface area contributed by atoms with E-state index in [1.807, 2.05) is 30.7 Å². The van der Waals surface area contributed by atoms with Crippen LogP contribution in [0.25, 0.3) is 0 Å². The van der Waals surface area contributed by atoms with Crippen molar-refractivity contribution in [3.8, 4) is 11.8 Å². The number of hydrogen-bond acceptors (Lipinski definition) is 3. The van der Waals surface area contributed by atoms with Gasteiger partial charge in [0.05, 0.1) is 12.9 Å². The second-order valence-corrected chi connectivity index (χ2v) is 3.51. The summed E-state index contributed by atoms with van der Waals surface area (Å²) in [5.41, 5.74) is 1.89. The van der Waals surface area contributed by atoms with Crippen molar-refractivity contribution < 1.29 is 0 Å². The van der Waals surface area contributed by atoms with Crippen LogP contribution in [-0.4, -0.2) is 19.5 Å². The molecular formula is C12H12N4. The quantitative estimate of drug-likeness (QED) is 0.670. The lowest BCUT2D eigenvalue weighted by Crippen LogP contribution is -1.95. The van der Waals surface area contributed by atoms with Gasteiger partial charge in [-0.15, -0.1) is 0 Å². The largest absolute Gasteiger partial charge is 0.326 e. The predicted octanol–water partition coefficient (Wildman–Crippen LogP) is 1.34. The summed E-state index contributed by atoms with van der Waals surface area (Å²) in [7, 11) is 0. The van der Waals surface area contributed by atoms with E-state index in [4.69, 9.17) is 0 Å². The van der Waals surface area contributed by atoms with Crippen molar-refractivity contribution in [1.82, 2.24) is 19.5 Å². The first-order valence-electron chi connectivity index (χ1n) is 5.01. The van der Waals surface area contributed by atoms with Crippen molar-refractivity contribution in [2.75, 3.05) is 0 Å². The molecule has 4 nitrogen and oxygen atoms in total. The second-order valence-electron chi connectivity index (χ2n) is 3.51. The molecule has 0 N–H and O–H groups in total.